The molecule has 2 atom stereocenters. The molecule has 2 nitrogen and oxygen atoms in total. The van der Waals surface area contributed by atoms with Crippen LogP contribution in [0.5, 0.6) is 0 Å². The Morgan fingerprint density at radius 3 is 2.62 bits per heavy atom. The van der Waals surface area contributed by atoms with E-state index in [2.05, 4.69) is 5.32 Å². The summed E-state index contributed by atoms with van der Waals surface area (Å²) in [7, 11) is 0. The molecule has 1 aliphatic rings. The molecule has 1 N–H and O–H groups in total. The normalized spacial score (nSPS) is 39.5. The van der Waals surface area contributed by atoms with E-state index in [4.69, 9.17) is 8.22 Å². The standard InChI is InChI=1S/C10H21FN2/c1-7(2)12-10-6-13(8(3)4)5-9(10)11/h7-10,12H,5-6H2,1-4H3/i1D3,2D3. The van der Waals surface area contributed by atoms with Crippen molar-refractivity contribution in [1.82, 2.24) is 10.2 Å². The summed E-state index contributed by atoms with van der Waals surface area (Å²) in [5.74, 6) is 0. The Balaban J connectivity index is 2.76. The third kappa shape index (κ3) is 2.92. The molecular formula is C10H21FN2. The molecule has 13 heavy (non-hydrogen) atoms. The van der Waals surface area contributed by atoms with E-state index in [1.165, 1.54) is 0 Å². The van der Waals surface area contributed by atoms with E-state index in [0.717, 1.165) is 0 Å². The molecule has 0 aromatic carbocycles. The van der Waals surface area contributed by atoms with E-state index in [-0.39, 0.29) is 12.6 Å². The molecule has 78 valence electrons. The molecule has 0 aliphatic carbocycles. The van der Waals surface area contributed by atoms with E-state index in [1.54, 1.807) is 0 Å². The van der Waals surface area contributed by atoms with Gasteiger partial charge in [-0.15, -0.1) is 0 Å². The zero-order valence-corrected chi connectivity index (χ0v) is 8.05. The molecule has 0 radical (unpaired) electrons. The van der Waals surface area contributed by atoms with Gasteiger partial charge in [0.05, 0.1) is 6.04 Å². The van der Waals surface area contributed by atoms with Crippen LogP contribution in [0.15, 0.2) is 0 Å². The molecule has 0 aromatic rings. The van der Waals surface area contributed by atoms with Gasteiger partial charge in [0.15, 0.2) is 0 Å². The number of hydrogen-bond acceptors (Lipinski definition) is 2. The van der Waals surface area contributed by atoms with Crippen molar-refractivity contribution in [1.29, 1.82) is 0 Å². The number of hydrogen-bond donors (Lipinski definition) is 1. The lowest BCUT2D eigenvalue weighted by atomic mass is 10.2. The summed E-state index contributed by atoms with van der Waals surface area (Å²) >= 11 is 0. The molecule has 0 saturated carbocycles. The van der Waals surface area contributed by atoms with E-state index in [9.17, 15) is 4.39 Å². The molecule has 1 aliphatic heterocycles. The van der Waals surface area contributed by atoms with Crippen LogP contribution in [-0.4, -0.2) is 42.3 Å². The third-order valence-corrected chi connectivity index (χ3v) is 2.39. The average Bonchev–Trinajstić information content (AvgIpc) is 2.53. The summed E-state index contributed by atoms with van der Waals surface area (Å²) < 4.78 is 57.6. The van der Waals surface area contributed by atoms with Crippen molar-refractivity contribution in [2.45, 2.75) is 51.8 Å². The van der Waals surface area contributed by atoms with Crippen molar-refractivity contribution in [3.8, 4) is 0 Å². The zero-order valence-electron chi connectivity index (χ0n) is 14.0. The Bertz CT molecular complexity index is 289. The Hall–Kier alpha value is -0.150. The first-order valence-corrected chi connectivity index (χ1v) is 4.57. The predicted octanol–water partition coefficient (Wildman–Crippen LogP) is 1.42. The summed E-state index contributed by atoms with van der Waals surface area (Å²) in [6, 6.07) is -2.31. The first-order chi connectivity index (χ1) is 8.43. The average molecular weight is 194 g/mol. The molecule has 1 heterocycles. The minimum atomic E-state index is -2.68. The number of rotatable bonds is 3. The Kier molecular flexibility index (Phi) is 1.71. The molecule has 2 unspecified atom stereocenters. The van der Waals surface area contributed by atoms with Gasteiger partial charge >= 0.3 is 0 Å². The lowest BCUT2D eigenvalue weighted by Crippen LogP contribution is -2.41. The number of likely N-dealkylation sites (tertiary alicyclic amines) is 1. The number of halogens is 1. The van der Waals surface area contributed by atoms with Crippen molar-refractivity contribution >= 4 is 0 Å². The van der Waals surface area contributed by atoms with E-state index < -0.39 is 32.0 Å². The quantitative estimate of drug-likeness (QED) is 0.731. The first-order valence-electron chi connectivity index (χ1n) is 7.57. The van der Waals surface area contributed by atoms with Gasteiger partial charge in [0.2, 0.25) is 0 Å². The minimum absolute atomic E-state index is 0.143. The highest BCUT2D eigenvalue weighted by atomic mass is 19.1. The van der Waals surface area contributed by atoms with Crippen molar-refractivity contribution < 1.29 is 12.6 Å². The first kappa shape index (κ1) is 5.08. The predicted molar refractivity (Wildman–Crippen MR) is 53.7 cm³/mol. The van der Waals surface area contributed by atoms with Crippen molar-refractivity contribution in [3.05, 3.63) is 0 Å². The number of alkyl halides is 1. The molecule has 0 aromatic heterocycles. The van der Waals surface area contributed by atoms with Crippen molar-refractivity contribution in [2.24, 2.45) is 0 Å². The summed E-state index contributed by atoms with van der Waals surface area (Å²) in [4.78, 5) is 1.86. The van der Waals surface area contributed by atoms with Gasteiger partial charge < -0.3 is 5.32 Å². The Morgan fingerprint density at radius 1 is 1.46 bits per heavy atom. The monoisotopic (exact) mass is 194 g/mol. The van der Waals surface area contributed by atoms with Crippen LogP contribution in [-0.2, 0) is 0 Å². The highest BCUT2D eigenvalue weighted by Gasteiger charge is 2.33. The number of nitrogens with zero attached hydrogens (tertiary/aromatic N) is 1. The highest BCUT2D eigenvalue weighted by molar-refractivity contribution is 4.91. The lowest BCUT2D eigenvalue weighted by molar-refractivity contribution is 0.245. The number of nitrogens with one attached hydrogen (secondary N) is 1. The fourth-order valence-corrected chi connectivity index (χ4v) is 1.59. The van der Waals surface area contributed by atoms with Gasteiger partial charge in [-0.3, -0.25) is 4.90 Å². The second-order valence-electron chi connectivity index (χ2n) is 3.77. The summed E-state index contributed by atoms with van der Waals surface area (Å²) in [6.07, 6.45) is -1.26. The maximum absolute atomic E-state index is 13.9. The van der Waals surface area contributed by atoms with Gasteiger partial charge in [0.1, 0.15) is 6.17 Å². The highest BCUT2D eigenvalue weighted by Crippen LogP contribution is 2.16. The van der Waals surface area contributed by atoms with Gasteiger partial charge in [-0.05, 0) is 13.8 Å². The Labute approximate surface area is 88.9 Å². The molecule has 1 saturated heterocycles. The van der Waals surface area contributed by atoms with Crippen LogP contribution in [0, 0.1) is 0 Å². The largest absolute Gasteiger partial charge is 0.308 e. The molecular weight excluding hydrogens is 167 g/mol. The molecule has 0 spiro atoms. The van der Waals surface area contributed by atoms with Crippen molar-refractivity contribution in [3.63, 3.8) is 0 Å². The van der Waals surface area contributed by atoms with Crippen LogP contribution in [0.2, 0.25) is 0 Å². The fraction of sp³-hybridized carbons (Fsp3) is 1.00. The van der Waals surface area contributed by atoms with Crippen LogP contribution < -0.4 is 5.32 Å². The lowest BCUT2D eigenvalue weighted by Gasteiger charge is -2.20. The van der Waals surface area contributed by atoms with Crippen LogP contribution in [0.25, 0.3) is 0 Å². The SMILES string of the molecule is [2H]C([2H])([2H])C(NC1CN(C(C)C)CC1F)C([2H])([2H])[2H]. The van der Waals surface area contributed by atoms with Gasteiger partial charge in [0.25, 0.3) is 0 Å². The van der Waals surface area contributed by atoms with Crippen molar-refractivity contribution in [2.75, 3.05) is 13.1 Å². The summed E-state index contributed by atoms with van der Waals surface area (Å²) in [5.41, 5.74) is 0. The van der Waals surface area contributed by atoms with E-state index in [0.29, 0.717) is 6.54 Å². The van der Waals surface area contributed by atoms with Crippen LogP contribution in [0.3, 0.4) is 0 Å². The maximum Gasteiger partial charge on any atom is 0.129 e. The second kappa shape index (κ2) is 4.38. The van der Waals surface area contributed by atoms with Gasteiger partial charge in [0, 0.05) is 33.4 Å². The van der Waals surface area contributed by atoms with Gasteiger partial charge in [-0.1, -0.05) is 13.7 Å². The molecule has 1 rings (SSSR count). The topological polar surface area (TPSA) is 15.3 Å². The molecule has 3 heteroatoms. The summed E-state index contributed by atoms with van der Waals surface area (Å²) in [6.45, 7) is -1.02. The van der Waals surface area contributed by atoms with Gasteiger partial charge in [-0.2, -0.15) is 0 Å². The van der Waals surface area contributed by atoms with E-state index in [1.807, 2.05) is 18.7 Å². The maximum atomic E-state index is 13.9. The van der Waals surface area contributed by atoms with Crippen LogP contribution >= 0.6 is 0 Å². The molecule has 1 fully saturated rings. The smallest absolute Gasteiger partial charge is 0.129 e. The minimum Gasteiger partial charge on any atom is -0.308 e. The molecule has 0 amide bonds. The zero-order chi connectivity index (χ0) is 15.0. The fourth-order valence-electron chi connectivity index (χ4n) is 1.59. The van der Waals surface area contributed by atoms with Gasteiger partial charge in [-0.25, -0.2) is 4.39 Å². The second-order valence-corrected chi connectivity index (χ2v) is 3.77. The summed E-state index contributed by atoms with van der Waals surface area (Å²) in [5, 5.41) is 2.49. The van der Waals surface area contributed by atoms with E-state index >= 15 is 0 Å². The molecule has 0 bridgehead atoms. The third-order valence-electron chi connectivity index (χ3n) is 2.39. The van der Waals surface area contributed by atoms with Crippen LogP contribution in [0.4, 0.5) is 4.39 Å². The Morgan fingerprint density at radius 2 is 2.15 bits per heavy atom. The van der Waals surface area contributed by atoms with Crippen LogP contribution in [0.1, 0.15) is 35.8 Å².